The van der Waals surface area contributed by atoms with E-state index in [-0.39, 0.29) is 10.8 Å². The van der Waals surface area contributed by atoms with Crippen molar-refractivity contribution in [2.24, 2.45) is 0 Å². The van der Waals surface area contributed by atoms with Gasteiger partial charge in [-0.05, 0) is 36.8 Å². The summed E-state index contributed by atoms with van der Waals surface area (Å²) in [5.74, 6) is 1.93. The van der Waals surface area contributed by atoms with Crippen LogP contribution in [0.5, 0.6) is 11.5 Å². The van der Waals surface area contributed by atoms with Gasteiger partial charge in [-0.15, -0.1) is 23.2 Å². The Morgan fingerprint density at radius 2 is 1.31 bits per heavy atom. The molecule has 0 aromatic heterocycles. The van der Waals surface area contributed by atoms with Crippen LogP contribution in [-0.4, -0.2) is 47.1 Å². The van der Waals surface area contributed by atoms with E-state index in [4.69, 9.17) is 32.7 Å². The summed E-state index contributed by atoms with van der Waals surface area (Å²) in [7, 11) is 0. The third kappa shape index (κ3) is 3.61. The molecule has 2 atom stereocenters. The Labute approximate surface area is 164 Å². The van der Waals surface area contributed by atoms with Crippen molar-refractivity contribution in [3.05, 3.63) is 35.4 Å². The van der Waals surface area contributed by atoms with Gasteiger partial charge >= 0.3 is 0 Å². The second kappa shape index (κ2) is 7.43. The fourth-order valence-corrected chi connectivity index (χ4v) is 4.31. The van der Waals surface area contributed by atoms with Gasteiger partial charge in [-0.2, -0.15) is 0 Å². The number of halogens is 2. The van der Waals surface area contributed by atoms with Crippen molar-refractivity contribution in [1.29, 1.82) is 0 Å². The van der Waals surface area contributed by atoms with Gasteiger partial charge in [0, 0.05) is 48.1 Å². The van der Waals surface area contributed by atoms with E-state index >= 15 is 0 Å². The van der Waals surface area contributed by atoms with Crippen molar-refractivity contribution < 1.29 is 9.47 Å². The van der Waals surface area contributed by atoms with Crippen molar-refractivity contribution >= 4 is 34.0 Å². The van der Waals surface area contributed by atoms with Crippen LogP contribution >= 0.6 is 23.2 Å². The molecule has 0 N–H and O–H groups in total. The number of ether oxygens (including phenoxy) is 2. The Balaban J connectivity index is 1.76. The maximum Gasteiger partial charge on any atom is 0.142 e. The van der Waals surface area contributed by atoms with Crippen LogP contribution in [-0.2, 0) is 13.1 Å². The predicted octanol–water partition coefficient (Wildman–Crippen LogP) is 4.40. The molecule has 0 unspecified atom stereocenters. The molecule has 4 rings (SSSR count). The summed E-state index contributed by atoms with van der Waals surface area (Å²) in [5.41, 5.74) is 2.46. The summed E-state index contributed by atoms with van der Waals surface area (Å²) in [4.78, 5) is 4.50. The first-order valence-electron chi connectivity index (χ1n) is 9.07. The zero-order chi connectivity index (χ0) is 18.3. The molecule has 140 valence electrons. The first kappa shape index (κ1) is 18.2. The third-order valence-corrected chi connectivity index (χ3v) is 5.18. The molecule has 6 heteroatoms. The number of hydrogen-bond acceptors (Lipinski definition) is 4. The largest absolute Gasteiger partial charge is 0.478 e. The van der Waals surface area contributed by atoms with Crippen LogP contribution in [0.25, 0.3) is 10.8 Å². The minimum atomic E-state index is 0.0908. The van der Waals surface area contributed by atoms with Gasteiger partial charge < -0.3 is 9.47 Å². The Morgan fingerprint density at radius 3 is 1.73 bits per heavy atom. The normalized spacial score (nSPS) is 20.0. The number of nitrogens with zero attached hydrogens (tertiary/aromatic N) is 2. The van der Waals surface area contributed by atoms with Crippen LogP contribution in [0, 0.1) is 0 Å². The Bertz CT molecular complexity index is 747. The Morgan fingerprint density at radius 1 is 0.846 bits per heavy atom. The Kier molecular flexibility index (Phi) is 5.20. The number of hydrogen-bond donors (Lipinski definition) is 0. The maximum absolute atomic E-state index is 6.20. The van der Waals surface area contributed by atoms with Crippen LogP contribution < -0.4 is 9.47 Å². The SMILES string of the molecule is C[C@@H](Cl)CN1COc2ccc3ccc4c(c3c2C1)CN(C[C@@H](C)Cl)CO4. The molecule has 2 aliphatic rings. The van der Waals surface area contributed by atoms with E-state index in [0.717, 1.165) is 37.7 Å². The lowest BCUT2D eigenvalue weighted by Gasteiger charge is -2.34. The lowest BCUT2D eigenvalue weighted by atomic mass is 9.95. The first-order chi connectivity index (χ1) is 12.5. The molecular weight excluding hydrogens is 371 g/mol. The van der Waals surface area contributed by atoms with Gasteiger partial charge in [-0.25, -0.2) is 0 Å². The van der Waals surface area contributed by atoms with E-state index in [1.807, 2.05) is 13.8 Å². The highest BCUT2D eigenvalue weighted by molar-refractivity contribution is 6.20. The first-order valence-corrected chi connectivity index (χ1v) is 9.94. The molecule has 0 aliphatic carbocycles. The average Bonchev–Trinajstić information content (AvgIpc) is 2.60. The molecule has 26 heavy (non-hydrogen) atoms. The van der Waals surface area contributed by atoms with Crippen LogP contribution in [0.1, 0.15) is 25.0 Å². The molecule has 0 radical (unpaired) electrons. The fraction of sp³-hybridized carbons (Fsp3) is 0.500. The van der Waals surface area contributed by atoms with Crippen molar-refractivity contribution in [2.75, 3.05) is 26.6 Å². The number of fused-ring (bicyclic) bond motifs is 5. The molecule has 0 fully saturated rings. The highest BCUT2D eigenvalue weighted by atomic mass is 35.5. The monoisotopic (exact) mass is 394 g/mol. The molecule has 0 saturated carbocycles. The second-order valence-electron chi connectivity index (χ2n) is 7.31. The summed E-state index contributed by atoms with van der Waals surface area (Å²) in [6.45, 7) is 8.48. The van der Waals surface area contributed by atoms with Crippen molar-refractivity contribution in [2.45, 2.75) is 37.7 Å². The summed E-state index contributed by atoms with van der Waals surface area (Å²) in [5, 5.41) is 2.65. The summed E-state index contributed by atoms with van der Waals surface area (Å²) < 4.78 is 12.0. The molecule has 2 aromatic carbocycles. The molecule has 0 saturated heterocycles. The van der Waals surface area contributed by atoms with Gasteiger partial charge in [0.25, 0.3) is 0 Å². The van der Waals surface area contributed by atoms with E-state index in [1.165, 1.54) is 21.9 Å². The second-order valence-corrected chi connectivity index (χ2v) is 8.80. The zero-order valence-electron chi connectivity index (χ0n) is 15.2. The summed E-state index contributed by atoms with van der Waals surface area (Å²) >= 11 is 12.4. The lowest BCUT2D eigenvalue weighted by molar-refractivity contribution is 0.0942. The molecule has 2 aliphatic heterocycles. The quantitative estimate of drug-likeness (QED) is 0.717. The van der Waals surface area contributed by atoms with Crippen molar-refractivity contribution in [3.63, 3.8) is 0 Å². The lowest BCUT2D eigenvalue weighted by Crippen LogP contribution is -2.37. The van der Waals surface area contributed by atoms with E-state index < -0.39 is 0 Å². The standard InChI is InChI=1S/C20H24Cl2N2O2/c1-13(21)7-23-9-16-18(25-11-23)5-3-15-4-6-19-17(20(15)16)10-24(12-26-19)8-14(2)22/h3-6,13-14H,7-12H2,1-2H3/t13-,14-/m1/s1. The third-order valence-electron chi connectivity index (χ3n) is 4.90. The van der Waals surface area contributed by atoms with Gasteiger partial charge in [0.1, 0.15) is 25.0 Å². The molecule has 4 nitrogen and oxygen atoms in total. The van der Waals surface area contributed by atoms with Crippen molar-refractivity contribution in [3.8, 4) is 11.5 Å². The zero-order valence-corrected chi connectivity index (χ0v) is 16.7. The fourth-order valence-electron chi connectivity index (χ4n) is 3.92. The molecule has 0 bridgehead atoms. The van der Waals surface area contributed by atoms with Gasteiger partial charge in [0.2, 0.25) is 0 Å². The van der Waals surface area contributed by atoms with E-state index in [9.17, 15) is 0 Å². The van der Waals surface area contributed by atoms with E-state index in [0.29, 0.717) is 13.5 Å². The van der Waals surface area contributed by atoms with Crippen molar-refractivity contribution in [1.82, 2.24) is 9.80 Å². The van der Waals surface area contributed by atoms with E-state index in [2.05, 4.69) is 34.1 Å². The molecule has 0 amide bonds. The summed E-state index contributed by atoms with van der Waals surface area (Å²) in [6.07, 6.45) is 0. The number of benzene rings is 2. The minimum absolute atomic E-state index is 0.0908. The molecule has 2 heterocycles. The van der Waals surface area contributed by atoms with Gasteiger partial charge in [0.05, 0.1) is 0 Å². The van der Waals surface area contributed by atoms with Crippen LogP contribution in [0.2, 0.25) is 0 Å². The smallest absolute Gasteiger partial charge is 0.142 e. The predicted molar refractivity (Wildman–Crippen MR) is 106 cm³/mol. The molecule has 0 spiro atoms. The highest BCUT2D eigenvalue weighted by Crippen LogP contribution is 2.39. The van der Waals surface area contributed by atoms with Gasteiger partial charge in [-0.3, -0.25) is 9.80 Å². The highest BCUT2D eigenvalue weighted by Gasteiger charge is 2.26. The average molecular weight is 395 g/mol. The van der Waals surface area contributed by atoms with Crippen LogP contribution in [0.4, 0.5) is 0 Å². The Hall–Kier alpha value is -1.20. The number of alkyl halides is 2. The number of rotatable bonds is 4. The van der Waals surface area contributed by atoms with Crippen LogP contribution in [0.15, 0.2) is 24.3 Å². The van der Waals surface area contributed by atoms with Gasteiger partial charge in [0.15, 0.2) is 0 Å². The van der Waals surface area contributed by atoms with Crippen LogP contribution in [0.3, 0.4) is 0 Å². The minimum Gasteiger partial charge on any atom is -0.478 e. The molecule has 2 aromatic rings. The maximum atomic E-state index is 6.20. The molecular formula is C20H24Cl2N2O2. The topological polar surface area (TPSA) is 24.9 Å². The summed E-state index contributed by atoms with van der Waals surface area (Å²) in [6, 6.07) is 8.43. The van der Waals surface area contributed by atoms with Gasteiger partial charge in [-0.1, -0.05) is 12.1 Å². The van der Waals surface area contributed by atoms with E-state index in [1.54, 1.807) is 0 Å².